The lowest BCUT2D eigenvalue weighted by Gasteiger charge is -2.06. The largest absolute Gasteiger partial charge is 0.487 e. The summed E-state index contributed by atoms with van der Waals surface area (Å²) in [5, 5.41) is 10.8. The Hall–Kier alpha value is -2.36. The van der Waals surface area contributed by atoms with E-state index in [-0.39, 0.29) is 5.69 Å². The summed E-state index contributed by atoms with van der Waals surface area (Å²) in [6.07, 6.45) is 2.88. The van der Waals surface area contributed by atoms with Crippen molar-refractivity contribution in [2.24, 2.45) is 0 Å². The molecule has 0 aliphatic heterocycles. The first-order valence-corrected chi connectivity index (χ1v) is 6.67. The SMILES string of the molecule is O=[N+]([O-])c1ccccc1OCCCCc1ccccc1. The first-order chi connectivity index (χ1) is 9.77. The van der Waals surface area contributed by atoms with E-state index >= 15 is 0 Å². The van der Waals surface area contributed by atoms with E-state index in [1.165, 1.54) is 11.6 Å². The third-order valence-corrected chi connectivity index (χ3v) is 3.02. The molecule has 0 amide bonds. The summed E-state index contributed by atoms with van der Waals surface area (Å²) in [4.78, 5) is 10.4. The van der Waals surface area contributed by atoms with Gasteiger partial charge in [0.25, 0.3) is 0 Å². The van der Waals surface area contributed by atoms with Crippen molar-refractivity contribution in [1.29, 1.82) is 0 Å². The van der Waals surface area contributed by atoms with Gasteiger partial charge in [0.15, 0.2) is 5.75 Å². The Bertz CT molecular complexity index is 555. The van der Waals surface area contributed by atoms with Crippen LogP contribution in [0.2, 0.25) is 0 Å². The lowest BCUT2D eigenvalue weighted by molar-refractivity contribution is -0.385. The van der Waals surface area contributed by atoms with Crippen molar-refractivity contribution in [3.05, 3.63) is 70.3 Å². The number of rotatable bonds is 7. The van der Waals surface area contributed by atoms with Crippen molar-refractivity contribution in [2.75, 3.05) is 6.61 Å². The Morgan fingerprint density at radius 2 is 1.65 bits per heavy atom. The zero-order valence-electron chi connectivity index (χ0n) is 11.2. The second-order valence-electron chi connectivity index (χ2n) is 4.52. The zero-order valence-corrected chi connectivity index (χ0v) is 11.2. The molecule has 0 saturated heterocycles. The molecule has 0 aromatic heterocycles. The molecule has 0 saturated carbocycles. The highest BCUT2D eigenvalue weighted by atomic mass is 16.6. The number of unbranched alkanes of at least 4 members (excludes halogenated alkanes) is 1. The van der Waals surface area contributed by atoms with E-state index in [1.54, 1.807) is 18.2 Å². The standard InChI is InChI=1S/C16H17NO3/c18-17(19)15-11-4-5-12-16(15)20-13-7-6-10-14-8-2-1-3-9-14/h1-5,8-9,11-12H,6-7,10,13H2. The quantitative estimate of drug-likeness (QED) is 0.434. The Kier molecular flexibility index (Phi) is 5.12. The smallest absolute Gasteiger partial charge is 0.310 e. The van der Waals surface area contributed by atoms with Gasteiger partial charge < -0.3 is 4.74 Å². The molecule has 0 bridgehead atoms. The van der Waals surface area contributed by atoms with Gasteiger partial charge in [-0.15, -0.1) is 0 Å². The number of hydrogen-bond acceptors (Lipinski definition) is 3. The molecule has 2 rings (SSSR count). The van der Waals surface area contributed by atoms with Crippen LogP contribution in [0.25, 0.3) is 0 Å². The minimum absolute atomic E-state index is 0.0237. The molecule has 0 unspecified atom stereocenters. The number of nitro benzene ring substituents is 1. The van der Waals surface area contributed by atoms with Crippen molar-refractivity contribution in [1.82, 2.24) is 0 Å². The lowest BCUT2D eigenvalue weighted by Crippen LogP contribution is -2.01. The average Bonchev–Trinajstić information content (AvgIpc) is 2.48. The van der Waals surface area contributed by atoms with Crippen molar-refractivity contribution in [2.45, 2.75) is 19.3 Å². The maximum Gasteiger partial charge on any atom is 0.310 e. The number of hydrogen-bond donors (Lipinski definition) is 0. The van der Waals surface area contributed by atoms with Crippen LogP contribution >= 0.6 is 0 Å². The highest BCUT2D eigenvalue weighted by molar-refractivity contribution is 5.45. The number of aryl methyl sites for hydroxylation is 1. The average molecular weight is 271 g/mol. The topological polar surface area (TPSA) is 52.4 Å². The second-order valence-corrected chi connectivity index (χ2v) is 4.52. The first-order valence-electron chi connectivity index (χ1n) is 6.67. The van der Waals surface area contributed by atoms with Gasteiger partial charge in [-0.2, -0.15) is 0 Å². The van der Waals surface area contributed by atoms with Crippen molar-refractivity contribution in [3.63, 3.8) is 0 Å². The van der Waals surface area contributed by atoms with Crippen LogP contribution in [0.3, 0.4) is 0 Å². The summed E-state index contributed by atoms with van der Waals surface area (Å²) in [5.74, 6) is 0.345. The van der Waals surface area contributed by atoms with Crippen molar-refractivity contribution in [3.8, 4) is 5.75 Å². The van der Waals surface area contributed by atoms with Crippen LogP contribution in [0.15, 0.2) is 54.6 Å². The summed E-state index contributed by atoms with van der Waals surface area (Å²) in [7, 11) is 0. The molecule has 4 heteroatoms. The maximum absolute atomic E-state index is 10.8. The molecule has 0 atom stereocenters. The lowest BCUT2D eigenvalue weighted by atomic mass is 10.1. The van der Waals surface area contributed by atoms with Crippen LogP contribution in [0, 0.1) is 10.1 Å². The first kappa shape index (κ1) is 14.1. The predicted molar refractivity (Wildman–Crippen MR) is 78.0 cm³/mol. The van der Waals surface area contributed by atoms with E-state index < -0.39 is 4.92 Å². The summed E-state index contributed by atoms with van der Waals surface area (Å²) >= 11 is 0. The number of para-hydroxylation sites is 2. The van der Waals surface area contributed by atoms with Crippen LogP contribution < -0.4 is 4.74 Å². The van der Waals surface area contributed by atoms with Gasteiger partial charge >= 0.3 is 5.69 Å². The van der Waals surface area contributed by atoms with Crippen molar-refractivity contribution < 1.29 is 9.66 Å². The summed E-state index contributed by atoms with van der Waals surface area (Å²) in [5.41, 5.74) is 1.33. The number of ether oxygens (including phenoxy) is 1. The molecule has 0 aliphatic carbocycles. The van der Waals surface area contributed by atoms with E-state index in [2.05, 4.69) is 12.1 Å². The third-order valence-electron chi connectivity index (χ3n) is 3.02. The van der Waals surface area contributed by atoms with E-state index in [0.717, 1.165) is 19.3 Å². The van der Waals surface area contributed by atoms with Crippen LogP contribution in [-0.4, -0.2) is 11.5 Å². The van der Waals surface area contributed by atoms with E-state index in [4.69, 9.17) is 4.74 Å². The Labute approximate surface area is 118 Å². The van der Waals surface area contributed by atoms with Gasteiger partial charge in [-0.25, -0.2) is 0 Å². The fraction of sp³-hybridized carbons (Fsp3) is 0.250. The summed E-state index contributed by atoms with van der Waals surface area (Å²) in [6, 6.07) is 16.7. The van der Waals surface area contributed by atoms with Gasteiger partial charge in [-0.3, -0.25) is 10.1 Å². The van der Waals surface area contributed by atoms with E-state index in [9.17, 15) is 10.1 Å². The molecular weight excluding hydrogens is 254 g/mol. The molecular formula is C16H17NO3. The molecule has 0 N–H and O–H groups in total. The van der Waals surface area contributed by atoms with Gasteiger partial charge in [0, 0.05) is 6.07 Å². The molecule has 0 heterocycles. The van der Waals surface area contributed by atoms with Gasteiger partial charge in [0.2, 0.25) is 0 Å². The minimum Gasteiger partial charge on any atom is -0.487 e. The van der Waals surface area contributed by atoms with Gasteiger partial charge in [-0.05, 0) is 30.9 Å². The van der Waals surface area contributed by atoms with Crippen molar-refractivity contribution >= 4 is 5.69 Å². The molecule has 0 fully saturated rings. The fourth-order valence-electron chi connectivity index (χ4n) is 1.99. The molecule has 0 aliphatic rings. The Morgan fingerprint density at radius 3 is 2.40 bits per heavy atom. The number of nitro groups is 1. The minimum atomic E-state index is -0.417. The van der Waals surface area contributed by atoms with Crippen LogP contribution in [0.4, 0.5) is 5.69 Å². The third kappa shape index (κ3) is 4.09. The number of nitrogens with zero attached hydrogens (tertiary/aromatic N) is 1. The van der Waals surface area contributed by atoms with Crippen LogP contribution in [-0.2, 0) is 6.42 Å². The number of benzene rings is 2. The predicted octanol–water partition coefficient (Wildman–Crippen LogP) is 4.00. The highest BCUT2D eigenvalue weighted by Gasteiger charge is 2.12. The molecule has 4 nitrogen and oxygen atoms in total. The Balaban J connectivity index is 1.75. The highest BCUT2D eigenvalue weighted by Crippen LogP contribution is 2.25. The molecule has 2 aromatic carbocycles. The fourth-order valence-corrected chi connectivity index (χ4v) is 1.99. The normalized spacial score (nSPS) is 10.2. The summed E-state index contributed by atoms with van der Waals surface area (Å²) in [6.45, 7) is 0.498. The molecule has 104 valence electrons. The maximum atomic E-state index is 10.8. The van der Waals surface area contributed by atoms with E-state index in [1.807, 2.05) is 18.2 Å². The Morgan fingerprint density at radius 1 is 0.950 bits per heavy atom. The molecule has 20 heavy (non-hydrogen) atoms. The van der Waals surface area contributed by atoms with Gasteiger partial charge in [0.1, 0.15) is 0 Å². The zero-order chi connectivity index (χ0) is 14.2. The van der Waals surface area contributed by atoms with E-state index in [0.29, 0.717) is 12.4 Å². The molecule has 2 aromatic rings. The van der Waals surface area contributed by atoms with Crippen LogP contribution in [0.5, 0.6) is 5.75 Å². The summed E-state index contributed by atoms with van der Waals surface area (Å²) < 4.78 is 5.49. The monoisotopic (exact) mass is 271 g/mol. The van der Waals surface area contributed by atoms with Gasteiger partial charge in [-0.1, -0.05) is 42.5 Å². The van der Waals surface area contributed by atoms with Crippen LogP contribution in [0.1, 0.15) is 18.4 Å². The second kappa shape index (κ2) is 7.28. The van der Waals surface area contributed by atoms with Gasteiger partial charge in [0.05, 0.1) is 11.5 Å². The molecule has 0 spiro atoms. The molecule has 0 radical (unpaired) electrons.